The number of amides is 2. The Balaban J connectivity index is 1.57. The first kappa shape index (κ1) is 16.1. The topological polar surface area (TPSA) is 58.6 Å². The number of rotatable bonds is 4. The van der Waals surface area contributed by atoms with E-state index in [0.29, 0.717) is 22.2 Å². The first-order chi connectivity index (χ1) is 11.0. The third kappa shape index (κ3) is 3.60. The van der Waals surface area contributed by atoms with E-state index >= 15 is 0 Å². The van der Waals surface area contributed by atoms with Gasteiger partial charge >= 0.3 is 6.09 Å². The summed E-state index contributed by atoms with van der Waals surface area (Å²) in [5.41, 5.74) is 0.402. The minimum atomic E-state index is -0.402. The Kier molecular flexibility index (Phi) is 4.75. The number of anilines is 1. The Labute approximate surface area is 146 Å². The highest BCUT2D eigenvalue weighted by atomic mass is 35.5. The molecule has 1 unspecified atom stereocenters. The van der Waals surface area contributed by atoms with Gasteiger partial charge in [0.15, 0.2) is 0 Å². The standard InChI is InChI=1S/C15H12Cl2N2O3S/c16-11-4-3-9(6-12(11)17)14(20)18-7-10-8-19(15(21)22-10)13-2-1-5-23-13/h1-6,10H,7-8H2,(H,18,20). The van der Waals surface area contributed by atoms with Gasteiger partial charge in [-0.3, -0.25) is 9.69 Å². The molecule has 23 heavy (non-hydrogen) atoms. The van der Waals surface area contributed by atoms with Crippen LogP contribution in [0.2, 0.25) is 10.0 Å². The minimum absolute atomic E-state index is 0.229. The molecule has 5 nitrogen and oxygen atoms in total. The third-order valence-corrected chi connectivity index (χ3v) is 4.95. The molecule has 1 aromatic heterocycles. The Bertz CT molecular complexity index is 736. The van der Waals surface area contributed by atoms with Crippen LogP contribution in [0.25, 0.3) is 0 Å². The van der Waals surface area contributed by atoms with Crippen LogP contribution in [0.1, 0.15) is 10.4 Å². The van der Waals surface area contributed by atoms with Gasteiger partial charge in [0, 0.05) is 5.56 Å². The Hall–Kier alpha value is -1.76. The molecule has 0 spiro atoms. The van der Waals surface area contributed by atoms with E-state index in [1.807, 2.05) is 17.5 Å². The normalized spacial score (nSPS) is 17.2. The Morgan fingerprint density at radius 1 is 1.35 bits per heavy atom. The van der Waals surface area contributed by atoms with Gasteiger partial charge in [0.2, 0.25) is 0 Å². The number of thiophene rings is 1. The van der Waals surface area contributed by atoms with E-state index in [-0.39, 0.29) is 12.5 Å². The van der Waals surface area contributed by atoms with E-state index in [9.17, 15) is 9.59 Å². The summed E-state index contributed by atoms with van der Waals surface area (Å²) in [5.74, 6) is -0.297. The van der Waals surface area contributed by atoms with Gasteiger partial charge in [-0.05, 0) is 35.7 Å². The lowest BCUT2D eigenvalue weighted by Gasteiger charge is -2.11. The average molecular weight is 371 g/mol. The first-order valence-corrected chi connectivity index (χ1v) is 8.43. The first-order valence-electron chi connectivity index (χ1n) is 6.79. The molecule has 1 atom stereocenters. The molecule has 1 fully saturated rings. The predicted octanol–water partition coefficient (Wildman–Crippen LogP) is 3.81. The molecule has 1 aliphatic heterocycles. The van der Waals surface area contributed by atoms with E-state index in [2.05, 4.69) is 5.32 Å². The van der Waals surface area contributed by atoms with Crippen LogP contribution in [-0.4, -0.2) is 31.2 Å². The number of cyclic esters (lactones) is 1. The summed E-state index contributed by atoms with van der Waals surface area (Å²) in [5, 5.41) is 6.15. The molecule has 8 heteroatoms. The lowest BCUT2D eigenvalue weighted by Crippen LogP contribution is -2.34. The monoisotopic (exact) mass is 370 g/mol. The van der Waals surface area contributed by atoms with E-state index < -0.39 is 12.2 Å². The minimum Gasteiger partial charge on any atom is -0.442 e. The van der Waals surface area contributed by atoms with Crippen molar-refractivity contribution in [3.8, 4) is 0 Å². The lowest BCUT2D eigenvalue weighted by atomic mass is 10.2. The number of nitrogens with zero attached hydrogens (tertiary/aromatic N) is 1. The van der Waals surface area contributed by atoms with E-state index in [0.717, 1.165) is 5.00 Å². The molecule has 120 valence electrons. The smallest absolute Gasteiger partial charge is 0.415 e. The zero-order valence-electron chi connectivity index (χ0n) is 11.8. The average Bonchev–Trinajstić information content (AvgIpc) is 3.17. The Morgan fingerprint density at radius 2 is 2.17 bits per heavy atom. The molecule has 1 aliphatic rings. The molecule has 0 radical (unpaired) electrons. The van der Waals surface area contributed by atoms with Crippen molar-refractivity contribution in [2.45, 2.75) is 6.10 Å². The number of hydrogen-bond donors (Lipinski definition) is 1. The van der Waals surface area contributed by atoms with Crippen molar-refractivity contribution >= 4 is 51.5 Å². The number of halogens is 2. The molecule has 1 saturated heterocycles. The molecular formula is C15H12Cl2N2O3S. The van der Waals surface area contributed by atoms with Gasteiger partial charge in [0.05, 0.1) is 23.1 Å². The summed E-state index contributed by atoms with van der Waals surface area (Å²) < 4.78 is 5.26. The summed E-state index contributed by atoms with van der Waals surface area (Å²) in [6.07, 6.45) is -0.794. The van der Waals surface area contributed by atoms with E-state index in [1.54, 1.807) is 17.0 Å². The number of nitrogens with one attached hydrogen (secondary N) is 1. The van der Waals surface area contributed by atoms with Crippen molar-refractivity contribution in [2.24, 2.45) is 0 Å². The van der Waals surface area contributed by atoms with Crippen LogP contribution in [-0.2, 0) is 4.74 Å². The molecule has 1 N–H and O–H groups in total. The molecule has 0 saturated carbocycles. The fraction of sp³-hybridized carbons (Fsp3) is 0.200. The van der Waals surface area contributed by atoms with Gasteiger partial charge in [-0.2, -0.15) is 0 Å². The largest absolute Gasteiger partial charge is 0.442 e. The van der Waals surface area contributed by atoms with Crippen LogP contribution in [0.15, 0.2) is 35.7 Å². The van der Waals surface area contributed by atoms with Crippen LogP contribution >= 0.6 is 34.5 Å². The fourth-order valence-electron chi connectivity index (χ4n) is 2.18. The highest BCUT2D eigenvalue weighted by Gasteiger charge is 2.33. The van der Waals surface area contributed by atoms with E-state index in [4.69, 9.17) is 27.9 Å². The van der Waals surface area contributed by atoms with Crippen LogP contribution in [0.4, 0.5) is 9.80 Å². The van der Waals surface area contributed by atoms with E-state index in [1.165, 1.54) is 17.4 Å². The second-order valence-electron chi connectivity index (χ2n) is 4.91. The van der Waals surface area contributed by atoms with Crippen molar-refractivity contribution < 1.29 is 14.3 Å². The quantitative estimate of drug-likeness (QED) is 0.889. The summed E-state index contributed by atoms with van der Waals surface area (Å²) in [6, 6.07) is 8.36. The summed E-state index contributed by atoms with van der Waals surface area (Å²) in [7, 11) is 0. The maximum Gasteiger partial charge on any atom is 0.415 e. The molecule has 1 aromatic carbocycles. The highest BCUT2D eigenvalue weighted by Crippen LogP contribution is 2.26. The summed E-state index contributed by atoms with van der Waals surface area (Å²) in [4.78, 5) is 25.5. The van der Waals surface area contributed by atoms with Crippen LogP contribution in [0.5, 0.6) is 0 Å². The lowest BCUT2D eigenvalue weighted by molar-refractivity contribution is 0.0916. The van der Waals surface area contributed by atoms with Crippen molar-refractivity contribution in [1.82, 2.24) is 5.32 Å². The zero-order valence-corrected chi connectivity index (χ0v) is 14.1. The second-order valence-corrected chi connectivity index (χ2v) is 6.65. The number of ether oxygens (including phenoxy) is 1. The Morgan fingerprint density at radius 3 is 2.87 bits per heavy atom. The number of hydrogen-bond acceptors (Lipinski definition) is 4. The molecule has 2 aromatic rings. The van der Waals surface area contributed by atoms with Gasteiger partial charge in [0.25, 0.3) is 5.91 Å². The van der Waals surface area contributed by atoms with Gasteiger partial charge in [0.1, 0.15) is 11.1 Å². The summed E-state index contributed by atoms with van der Waals surface area (Å²) >= 11 is 13.2. The molecule has 0 aliphatic carbocycles. The van der Waals surface area contributed by atoms with Crippen LogP contribution in [0.3, 0.4) is 0 Å². The van der Waals surface area contributed by atoms with Gasteiger partial charge in [-0.15, -0.1) is 11.3 Å². The number of carbonyl (C=O) groups is 2. The molecule has 3 rings (SSSR count). The van der Waals surface area contributed by atoms with Crippen molar-refractivity contribution in [3.05, 3.63) is 51.3 Å². The van der Waals surface area contributed by atoms with Crippen molar-refractivity contribution in [2.75, 3.05) is 18.0 Å². The molecular weight excluding hydrogens is 359 g/mol. The van der Waals surface area contributed by atoms with Gasteiger partial charge in [-0.1, -0.05) is 23.2 Å². The van der Waals surface area contributed by atoms with Gasteiger partial charge < -0.3 is 10.1 Å². The van der Waals surface area contributed by atoms with Crippen molar-refractivity contribution in [3.63, 3.8) is 0 Å². The highest BCUT2D eigenvalue weighted by molar-refractivity contribution is 7.14. The fourth-order valence-corrected chi connectivity index (χ4v) is 3.21. The second kappa shape index (κ2) is 6.78. The predicted molar refractivity (Wildman–Crippen MR) is 90.7 cm³/mol. The zero-order chi connectivity index (χ0) is 16.4. The van der Waals surface area contributed by atoms with Crippen molar-refractivity contribution in [1.29, 1.82) is 0 Å². The molecule has 0 bridgehead atoms. The molecule has 2 amide bonds. The third-order valence-electron chi connectivity index (χ3n) is 3.32. The van der Waals surface area contributed by atoms with Crippen LogP contribution < -0.4 is 10.2 Å². The SMILES string of the molecule is O=C(NCC1CN(c2cccs2)C(=O)O1)c1ccc(Cl)c(Cl)c1. The number of carbonyl (C=O) groups excluding carboxylic acids is 2. The van der Waals surface area contributed by atoms with Gasteiger partial charge in [-0.25, -0.2) is 4.79 Å². The number of benzene rings is 1. The maximum atomic E-state index is 12.1. The molecule has 2 heterocycles. The summed E-state index contributed by atoms with van der Waals surface area (Å²) in [6.45, 7) is 0.633. The van der Waals surface area contributed by atoms with Crippen LogP contribution in [0, 0.1) is 0 Å². The maximum absolute atomic E-state index is 12.1.